The highest BCUT2D eigenvalue weighted by molar-refractivity contribution is 8.13. The van der Waals surface area contributed by atoms with E-state index in [0.29, 0.717) is 18.6 Å². The number of carbonyl (C=O) groups excluding carboxylic acids is 3. The summed E-state index contributed by atoms with van der Waals surface area (Å²) in [6, 6.07) is 0. The van der Waals surface area contributed by atoms with Crippen molar-refractivity contribution in [3.63, 3.8) is 0 Å². The van der Waals surface area contributed by atoms with Gasteiger partial charge in [-0.2, -0.15) is 4.31 Å². The standard InChI is InChI=1S/C39H68N7O18P3S/c1-4-5-6-7-10-13-16-27(47)17-14-11-8-9-12-15-18-30(49)68-22-21-41-29(48)19-20-42-37(52)34(51)39(2,3)24-61-67(58,59)64-66(56,57)60-23-28-33(63-65(53,54)55)32(50)38(62-28)46-26-45-31-35(40)43-25-44-36(31)46/h10,13,25-28,32-34,38,47,50-51H,4-9,11-12,14-24H2,1-3H3,(H,41,48)(H,42,52)(H,56,57)(H,58,59)(H2,40,43,44)(H2,53,54,55)/b13-10+. The van der Waals surface area contributed by atoms with Crippen molar-refractivity contribution in [2.24, 2.45) is 5.41 Å². The molecule has 1 aliphatic rings. The van der Waals surface area contributed by atoms with Crippen molar-refractivity contribution >= 4 is 69.1 Å². The van der Waals surface area contributed by atoms with Crippen LogP contribution in [0.2, 0.25) is 0 Å². The first kappa shape index (κ1) is 59.6. The Morgan fingerprint density at radius 3 is 2.32 bits per heavy atom. The number of aromatic nitrogens is 4. The number of hydrogen-bond donors (Lipinski definition) is 10. The number of nitrogens with one attached hydrogen (secondary N) is 2. The maximum atomic E-state index is 12.7. The molecular formula is C39H68N7O18P3S. The fourth-order valence-corrected chi connectivity index (χ4v) is 10.3. The highest BCUT2D eigenvalue weighted by Crippen LogP contribution is 2.61. The van der Waals surface area contributed by atoms with Crippen LogP contribution in [0.25, 0.3) is 11.2 Å². The summed E-state index contributed by atoms with van der Waals surface area (Å²) in [7, 11) is -16.4. The zero-order valence-electron chi connectivity index (χ0n) is 38.4. The average Bonchev–Trinajstić information content (AvgIpc) is 3.82. The molecule has 2 aromatic rings. The molecule has 11 N–H and O–H groups in total. The molecule has 0 aliphatic carbocycles. The lowest BCUT2D eigenvalue weighted by molar-refractivity contribution is -0.137. The number of ether oxygens (including phenoxy) is 1. The van der Waals surface area contributed by atoms with E-state index in [1.807, 2.05) is 0 Å². The van der Waals surface area contributed by atoms with Gasteiger partial charge in [-0.15, -0.1) is 0 Å². The molecule has 388 valence electrons. The van der Waals surface area contributed by atoms with E-state index in [1.165, 1.54) is 33.1 Å². The molecule has 8 atom stereocenters. The summed E-state index contributed by atoms with van der Waals surface area (Å²) in [4.78, 5) is 88.4. The minimum Gasteiger partial charge on any atom is -0.393 e. The molecule has 8 unspecified atom stereocenters. The molecule has 68 heavy (non-hydrogen) atoms. The summed E-state index contributed by atoms with van der Waals surface area (Å²) in [5.74, 6) is -1.08. The smallest absolute Gasteiger partial charge is 0.393 e. The number of allylic oxidation sites excluding steroid dienone is 1. The third-order valence-corrected chi connectivity index (χ3v) is 14.5. The number of fused-ring (bicyclic) bond motifs is 1. The Balaban J connectivity index is 1.30. The van der Waals surface area contributed by atoms with E-state index < -0.39 is 84.6 Å². The van der Waals surface area contributed by atoms with Crippen LogP contribution in [0.5, 0.6) is 0 Å². The molecule has 0 bridgehead atoms. The van der Waals surface area contributed by atoms with Crippen LogP contribution in [-0.4, -0.2) is 134 Å². The number of hydrogen-bond acceptors (Lipinski definition) is 19. The Hall–Kier alpha value is -2.74. The van der Waals surface area contributed by atoms with Gasteiger partial charge < -0.3 is 56.0 Å². The zero-order valence-corrected chi connectivity index (χ0v) is 41.9. The van der Waals surface area contributed by atoms with E-state index in [0.717, 1.165) is 80.4 Å². The number of nitrogen functional groups attached to an aromatic ring is 1. The molecule has 29 heteroatoms. The summed E-state index contributed by atoms with van der Waals surface area (Å²) < 4.78 is 62.4. The van der Waals surface area contributed by atoms with Crippen molar-refractivity contribution in [3.05, 3.63) is 24.8 Å². The normalized spacial score (nSPS) is 20.6. The van der Waals surface area contributed by atoms with Gasteiger partial charge in [-0.05, 0) is 32.1 Å². The van der Waals surface area contributed by atoms with Crippen LogP contribution in [0.1, 0.15) is 117 Å². The molecule has 2 amide bonds. The molecule has 3 rings (SSSR count). The minimum atomic E-state index is -5.58. The Kier molecular flexibility index (Phi) is 25.4. The Morgan fingerprint density at radius 1 is 0.926 bits per heavy atom. The molecule has 3 heterocycles. The maximum Gasteiger partial charge on any atom is 0.481 e. The number of anilines is 1. The van der Waals surface area contributed by atoms with Gasteiger partial charge in [-0.1, -0.05) is 89.6 Å². The SMILES string of the molecule is CCCCC/C=C/CC(O)CCCCCCCCC(=O)SCCNC(=O)CCNC(=O)C(O)C(C)(C)COP(=O)(O)OP(=O)(O)OCC1OC(n2cnc3c(N)ncnc32)C(O)C1OP(=O)(O)O. The van der Waals surface area contributed by atoms with Crippen molar-refractivity contribution in [3.8, 4) is 0 Å². The third-order valence-electron chi connectivity index (χ3n) is 10.5. The van der Waals surface area contributed by atoms with Crippen molar-refractivity contribution in [2.45, 2.75) is 147 Å². The number of nitrogens with zero attached hydrogens (tertiary/aromatic N) is 4. The number of thioether (sulfide) groups is 1. The lowest BCUT2D eigenvalue weighted by atomic mass is 9.87. The van der Waals surface area contributed by atoms with E-state index >= 15 is 0 Å². The molecule has 0 radical (unpaired) electrons. The van der Waals surface area contributed by atoms with Crippen molar-refractivity contribution in [1.82, 2.24) is 30.2 Å². The van der Waals surface area contributed by atoms with Crippen molar-refractivity contribution in [2.75, 3.05) is 37.8 Å². The van der Waals surface area contributed by atoms with E-state index in [2.05, 4.69) is 53.5 Å². The zero-order chi connectivity index (χ0) is 50.5. The van der Waals surface area contributed by atoms with Crippen LogP contribution in [0.4, 0.5) is 5.82 Å². The Labute approximate surface area is 399 Å². The lowest BCUT2D eigenvalue weighted by Gasteiger charge is -2.30. The average molecular weight is 1050 g/mol. The minimum absolute atomic E-state index is 0.0296. The predicted octanol–water partition coefficient (Wildman–Crippen LogP) is 3.67. The number of imidazole rings is 1. The van der Waals surface area contributed by atoms with Gasteiger partial charge in [-0.25, -0.2) is 28.6 Å². The number of unbranched alkanes of at least 4 members (excludes halogenated alkanes) is 8. The fourth-order valence-electron chi connectivity index (χ4n) is 6.72. The van der Waals surface area contributed by atoms with Gasteiger partial charge in [0.2, 0.25) is 11.8 Å². The highest BCUT2D eigenvalue weighted by atomic mass is 32.2. The van der Waals surface area contributed by atoms with Crippen LogP contribution >= 0.6 is 35.2 Å². The van der Waals surface area contributed by atoms with E-state index in [9.17, 15) is 63.0 Å². The van der Waals surface area contributed by atoms with Crippen LogP contribution < -0.4 is 16.4 Å². The van der Waals surface area contributed by atoms with Gasteiger partial charge in [0.25, 0.3) is 0 Å². The topological polar surface area (TPSA) is 384 Å². The van der Waals surface area contributed by atoms with Gasteiger partial charge in [0.1, 0.15) is 36.3 Å². The van der Waals surface area contributed by atoms with Gasteiger partial charge in [0.15, 0.2) is 22.8 Å². The first-order chi connectivity index (χ1) is 31.9. The number of aliphatic hydroxyl groups excluding tert-OH is 3. The van der Waals surface area contributed by atoms with Crippen LogP contribution in [-0.2, 0) is 50.7 Å². The molecule has 0 aromatic carbocycles. The van der Waals surface area contributed by atoms with E-state index in [4.69, 9.17) is 19.5 Å². The quantitative estimate of drug-likeness (QED) is 0.0271. The second kappa shape index (κ2) is 28.9. The largest absolute Gasteiger partial charge is 0.481 e. The van der Waals surface area contributed by atoms with Crippen LogP contribution in [0.3, 0.4) is 0 Å². The lowest BCUT2D eigenvalue weighted by Crippen LogP contribution is -2.46. The van der Waals surface area contributed by atoms with Crippen LogP contribution in [0.15, 0.2) is 24.8 Å². The molecule has 25 nitrogen and oxygen atoms in total. The molecule has 0 spiro atoms. The molecule has 2 aromatic heterocycles. The third kappa shape index (κ3) is 21.7. The first-order valence-corrected chi connectivity index (χ1v) is 27.8. The number of aliphatic hydroxyl groups is 3. The van der Waals surface area contributed by atoms with Gasteiger partial charge in [0.05, 0.1) is 25.6 Å². The number of carbonyl (C=O) groups is 3. The molecular weight excluding hydrogens is 979 g/mol. The van der Waals surface area contributed by atoms with Gasteiger partial charge in [0, 0.05) is 37.1 Å². The fraction of sp³-hybridized carbons (Fsp3) is 0.744. The molecule has 1 aliphatic heterocycles. The summed E-state index contributed by atoms with van der Waals surface area (Å²) in [6.45, 7) is 2.69. The van der Waals surface area contributed by atoms with E-state index in [1.54, 1.807) is 0 Å². The first-order valence-electron chi connectivity index (χ1n) is 22.3. The second-order valence-corrected chi connectivity index (χ2v) is 22.2. The second-order valence-electron chi connectivity index (χ2n) is 16.8. The molecule has 0 saturated carbocycles. The van der Waals surface area contributed by atoms with Gasteiger partial charge in [-0.3, -0.25) is 32.5 Å². The molecule has 1 saturated heterocycles. The van der Waals surface area contributed by atoms with E-state index in [-0.39, 0.29) is 47.7 Å². The van der Waals surface area contributed by atoms with Crippen molar-refractivity contribution in [1.29, 1.82) is 0 Å². The molecule has 1 fully saturated rings. The number of rotatable bonds is 34. The number of amides is 2. The summed E-state index contributed by atoms with van der Waals surface area (Å²) >= 11 is 1.12. The number of phosphoric ester groups is 3. The van der Waals surface area contributed by atoms with Gasteiger partial charge >= 0.3 is 23.5 Å². The van der Waals surface area contributed by atoms with Crippen molar-refractivity contribution < 1.29 is 85.6 Å². The maximum absolute atomic E-state index is 12.7. The van der Waals surface area contributed by atoms with Crippen LogP contribution in [0, 0.1) is 5.41 Å². The summed E-state index contributed by atoms with van der Waals surface area (Å²) in [5, 5.41) is 36.7. The summed E-state index contributed by atoms with van der Waals surface area (Å²) in [6.07, 6.45) is 9.43. The Morgan fingerprint density at radius 2 is 1.62 bits per heavy atom. The monoisotopic (exact) mass is 1050 g/mol. The number of phosphoric acid groups is 3. The Bertz CT molecular complexity index is 2080. The summed E-state index contributed by atoms with van der Waals surface area (Å²) in [5.41, 5.74) is 4.27. The number of nitrogens with two attached hydrogens (primary N) is 1. The predicted molar refractivity (Wildman–Crippen MR) is 248 cm³/mol. The highest BCUT2D eigenvalue weighted by Gasteiger charge is 2.50.